The lowest BCUT2D eigenvalue weighted by Crippen LogP contribution is -2.41. The average Bonchev–Trinajstić information content (AvgIpc) is 3.00. The van der Waals surface area contributed by atoms with Gasteiger partial charge in [-0.1, -0.05) is 25.1 Å². The van der Waals surface area contributed by atoms with Crippen LogP contribution in [0.5, 0.6) is 0 Å². The largest absolute Gasteiger partial charge is 0.396 e. The fourth-order valence-electron chi connectivity index (χ4n) is 3.68. The highest BCUT2D eigenvalue weighted by Crippen LogP contribution is 2.22. The summed E-state index contributed by atoms with van der Waals surface area (Å²) < 4.78 is 0. The molecule has 0 aliphatic carbocycles. The molecule has 1 saturated heterocycles. The molecular weight excluding hydrogens is 302 g/mol. The number of hydrogen-bond acceptors (Lipinski definition) is 3. The fraction of sp³-hybridized carbons (Fsp3) is 0.526. The minimum Gasteiger partial charge on any atom is -0.396 e. The molecule has 5 nitrogen and oxygen atoms in total. The number of aromatic amines is 1. The Bertz CT molecular complexity index is 695. The van der Waals surface area contributed by atoms with Gasteiger partial charge in [-0.3, -0.25) is 4.79 Å². The number of amides is 1. The maximum absolute atomic E-state index is 12.6. The number of likely N-dealkylation sites (tertiary alicyclic amines) is 1. The Morgan fingerprint density at radius 3 is 3.04 bits per heavy atom. The van der Waals surface area contributed by atoms with Crippen molar-refractivity contribution >= 4 is 16.8 Å². The number of para-hydroxylation sites is 1. The SMILES string of the molecule is CCc1c(C(=O)NCCN2CCC[C@H](CO)C2)[nH]c2ccccc12. The molecule has 3 rings (SSSR count). The van der Waals surface area contributed by atoms with Gasteiger partial charge in [0.25, 0.3) is 5.91 Å². The van der Waals surface area contributed by atoms with Gasteiger partial charge in [0, 0.05) is 37.1 Å². The highest BCUT2D eigenvalue weighted by Gasteiger charge is 2.20. The number of benzene rings is 1. The maximum Gasteiger partial charge on any atom is 0.268 e. The van der Waals surface area contributed by atoms with Crippen molar-refractivity contribution in [3.63, 3.8) is 0 Å². The van der Waals surface area contributed by atoms with Crippen molar-refractivity contribution < 1.29 is 9.90 Å². The van der Waals surface area contributed by atoms with E-state index >= 15 is 0 Å². The number of carbonyl (C=O) groups excluding carboxylic acids is 1. The number of rotatable bonds is 6. The molecule has 2 aromatic rings. The summed E-state index contributed by atoms with van der Waals surface area (Å²) in [6.07, 6.45) is 3.06. The van der Waals surface area contributed by atoms with Gasteiger partial charge in [0.15, 0.2) is 0 Å². The molecule has 0 spiro atoms. The number of aliphatic hydroxyl groups is 1. The lowest BCUT2D eigenvalue weighted by atomic mass is 9.99. The predicted molar refractivity (Wildman–Crippen MR) is 96.3 cm³/mol. The highest BCUT2D eigenvalue weighted by atomic mass is 16.3. The third-order valence-electron chi connectivity index (χ3n) is 4.97. The molecule has 0 saturated carbocycles. The second kappa shape index (κ2) is 7.81. The highest BCUT2D eigenvalue weighted by molar-refractivity contribution is 6.01. The van der Waals surface area contributed by atoms with Crippen LogP contribution < -0.4 is 5.32 Å². The van der Waals surface area contributed by atoms with Crippen molar-refractivity contribution in [2.24, 2.45) is 5.92 Å². The standard InChI is InChI=1S/C19H27N3O2/c1-2-15-16-7-3-4-8-17(16)21-18(15)19(24)20-9-11-22-10-5-6-14(12-22)13-23/h3-4,7-8,14,21,23H,2,5-6,9-13H2,1H3,(H,20,24)/t14-/m0/s1. The zero-order valence-electron chi connectivity index (χ0n) is 14.3. The van der Waals surface area contributed by atoms with Crippen LogP contribution in [0, 0.1) is 5.92 Å². The number of aromatic nitrogens is 1. The first-order chi connectivity index (χ1) is 11.7. The van der Waals surface area contributed by atoms with Crippen LogP contribution in [0.3, 0.4) is 0 Å². The summed E-state index contributed by atoms with van der Waals surface area (Å²) in [5.74, 6) is 0.355. The number of aryl methyl sites for hydroxylation is 1. The van der Waals surface area contributed by atoms with E-state index in [1.165, 1.54) is 0 Å². The van der Waals surface area contributed by atoms with Crippen LogP contribution >= 0.6 is 0 Å². The van der Waals surface area contributed by atoms with Gasteiger partial charge in [0.2, 0.25) is 0 Å². The first-order valence-electron chi connectivity index (χ1n) is 8.94. The molecule has 1 amide bonds. The van der Waals surface area contributed by atoms with Gasteiger partial charge in [-0.05, 0) is 43.4 Å². The molecule has 1 aromatic heterocycles. The number of piperidine rings is 1. The van der Waals surface area contributed by atoms with Gasteiger partial charge >= 0.3 is 0 Å². The van der Waals surface area contributed by atoms with Crippen LogP contribution in [0.15, 0.2) is 24.3 Å². The molecular formula is C19H27N3O2. The molecule has 5 heteroatoms. The maximum atomic E-state index is 12.6. The minimum absolute atomic E-state index is 0.0289. The smallest absolute Gasteiger partial charge is 0.268 e. The molecule has 1 aliphatic rings. The lowest BCUT2D eigenvalue weighted by Gasteiger charge is -2.31. The normalized spacial score (nSPS) is 18.8. The summed E-state index contributed by atoms with van der Waals surface area (Å²) in [7, 11) is 0. The van der Waals surface area contributed by atoms with Crippen LogP contribution in [-0.4, -0.2) is 53.7 Å². The van der Waals surface area contributed by atoms with Crippen LogP contribution in [0.4, 0.5) is 0 Å². The van der Waals surface area contributed by atoms with Crippen LogP contribution in [0.1, 0.15) is 35.8 Å². The summed E-state index contributed by atoms with van der Waals surface area (Å²) in [5, 5.41) is 13.5. The molecule has 1 atom stereocenters. The van der Waals surface area contributed by atoms with Gasteiger partial charge in [-0.25, -0.2) is 0 Å². The molecule has 0 radical (unpaired) electrons. The van der Waals surface area contributed by atoms with E-state index < -0.39 is 0 Å². The Balaban J connectivity index is 1.59. The van der Waals surface area contributed by atoms with E-state index in [1.54, 1.807) is 0 Å². The Morgan fingerprint density at radius 2 is 2.25 bits per heavy atom. The summed E-state index contributed by atoms with van der Waals surface area (Å²) in [4.78, 5) is 18.1. The number of fused-ring (bicyclic) bond motifs is 1. The van der Waals surface area contributed by atoms with Crippen molar-refractivity contribution in [3.8, 4) is 0 Å². The number of nitrogens with zero attached hydrogens (tertiary/aromatic N) is 1. The van der Waals surface area contributed by atoms with E-state index in [9.17, 15) is 9.90 Å². The fourth-order valence-corrected chi connectivity index (χ4v) is 3.68. The second-order valence-electron chi connectivity index (χ2n) is 6.63. The summed E-state index contributed by atoms with van der Waals surface area (Å²) in [5.41, 5.74) is 2.79. The first-order valence-corrected chi connectivity index (χ1v) is 8.94. The Labute approximate surface area is 143 Å². The first kappa shape index (κ1) is 17.0. The number of aliphatic hydroxyl groups excluding tert-OH is 1. The van der Waals surface area contributed by atoms with E-state index in [4.69, 9.17) is 0 Å². The molecule has 1 aliphatic heterocycles. The van der Waals surface area contributed by atoms with Crippen molar-refractivity contribution in [1.29, 1.82) is 0 Å². The van der Waals surface area contributed by atoms with Gasteiger partial charge in [0.1, 0.15) is 5.69 Å². The van der Waals surface area contributed by atoms with Crippen molar-refractivity contribution in [2.75, 3.05) is 32.8 Å². The van der Waals surface area contributed by atoms with Crippen LogP contribution in [-0.2, 0) is 6.42 Å². The molecule has 130 valence electrons. The number of hydrogen-bond donors (Lipinski definition) is 3. The molecule has 1 aromatic carbocycles. The van der Waals surface area contributed by atoms with Crippen molar-refractivity contribution in [3.05, 3.63) is 35.5 Å². The molecule has 0 bridgehead atoms. The van der Waals surface area contributed by atoms with Gasteiger partial charge in [-0.2, -0.15) is 0 Å². The minimum atomic E-state index is -0.0289. The molecule has 0 unspecified atom stereocenters. The Hall–Kier alpha value is -1.85. The predicted octanol–water partition coefficient (Wildman–Crippen LogP) is 2.16. The number of carbonyl (C=O) groups is 1. The second-order valence-corrected chi connectivity index (χ2v) is 6.63. The quantitative estimate of drug-likeness (QED) is 0.761. The van der Waals surface area contributed by atoms with E-state index in [0.717, 1.165) is 55.4 Å². The summed E-state index contributed by atoms with van der Waals surface area (Å²) in [6.45, 7) is 5.80. The van der Waals surface area contributed by atoms with Gasteiger partial charge < -0.3 is 20.3 Å². The summed E-state index contributed by atoms with van der Waals surface area (Å²) in [6, 6.07) is 8.05. The van der Waals surface area contributed by atoms with Crippen molar-refractivity contribution in [2.45, 2.75) is 26.2 Å². The van der Waals surface area contributed by atoms with Gasteiger partial charge in [0.05, 0.1) is 0 Å². The van der Waals surface area contributed by atoms with E-state index in [0.29, 0.717) is 18.2 Å². The summed E-state index contributed by atoms with van der Waals surface area (Å²) >= 11 is 0. The molecule has 2 heterocycles. The Kier molecular flexibility index (Phi) is 5.53. The number of H-pyrrole nitrogens is 1. The zero-order chi connectivity index (χ0) is 16.9. The molecule has 24 heavy (non-hydrogen) atoms. The van der Waals surface area contributed by atoms with E-state index in [-0.39, 0.29) is 12.5 Å². The monoisotopic (exact) mass is 329 g/mol. The third kappa shape index (κ3) is 3.62. The Morgan fingerprint density at radius 1 is 1.42 bits per heavy atom. The van der Waals surface area contributed by atoms with E-state index in [2.05, 4.69) is 28.2 Å². The van der Waals surface area contributed by atoms with Crippen LogP contribution in [0.25, 0.3) is 10.9 Å². The lowest BCUT2D eigenvalue weighted by molar-refractivity contribution is 0.0926. The van der Waals surface area contributed by atoms with Crippen LogP contribution in [0.2, 0.25) is 0 Å². The number of nitrogens with one attached hydrogen (secondary N) is 2. The van der Waals surface area contributed by atoms with E-state index in [1.807, 2.05) is 18.2 Å². The third-order valence-corrected chi connectivity index (χ3v) is 4.97. The molecule has 1 fully saturated rings. The topological polar surface area (TPSA) is 68.4 Å². The molecule has 3 N–H and O–H groups in total. The zero-order valence-corrected chi connectivity index (χ0v) is 14.3. The average molecular weight is 329 g/mol. The van der Waals surface area contributed by atoms with Crippen molar-refractivity contribution in [1.82, 2.24) is 15.2 Å². The van der Waals surface area contributed by atoms with Gasteiger partial charge in [-0.15, -0.1) is 0 Å².